The van der Waals surface area contributed by atoms with Crippen molar-refractivity contribution in [3.8, 4) is 0 Å². The van der Waals surface area contributed by atoms with E-state index >= 15 is 0 Å². The lowest BCUT2D eigenvalue weighted by Gasteiger charge is -2.42. The topological polar surface area (TPSA) is 214 Å². The fourth-order valence-electron chi connectivity index (χ4n) is 10.4. The van der Waals surface area contributed by atoms with Crippen molar-refractivity contribution in [1.82, 2.24) is 0 Å². The fourth-order valence-corrected chi connectivity index (χ4v) is 10.4. The summed E-state index contributed by atoms with van der Waals surface area (Å²) in [7, 11) is 0. The van der Waals surface area contributed by atoms with Crippen molar-refractivity contribution in [2.75, 3.05) is 33.0 Å². The van der Waals surface area contributed by atoms with Crippen molar-refractivity contribution < 1.29 is 69.0 Å². The SMILES string of the molecule is CCCCC/C=C\C/C=C\C/C=C\CCCCCCCCCOCC(COC1OC(COC2OC(CO)C(O)C(O)C2O)C(O)C(O)C1O)OC(=O)CCCCCCCCCCCCCCCCCCCCCCCCCCC. The first kappa shape index (κ1) is 73.3. The van der Waals surface area contributed by atoms with E-state index < -0.39 is 80.7 Å². The van der Waals surface area contributed by atoms with Gasteiger partial charge in [-0.05, 0) is 51.4 Å². The lowest BCUT2D eigenvalue weighted by atomic mass is 9.98. The number of aliphatic hydroxyl groups is 7. The second-order valence-corrected chi connectivity index (χ2v) is 22.9. The number of hydrogen-bond acceptors (Lipinski definition) is 14. The molecule has 79 heavy (non-hydrogen) atoms. The molecule has 2 saturated heterocycles. The Morgan fingerprint density at radius 1 is 0.418 bits per heavy atom. The van der Waals surface area contributed by atoms with Gasteiger partial charge in [-0.2, -0.15) is 0 Å². The van der Waals surface area contributed by atoms with E-state index in [1.165, 1.54) is 186 Å². The Morgan fingerprint density at radius 3 is 1.25 bits per heavy atom. The van der Waals surface area contributed by atoms with Crippen LogP contribution in [0.5, 0.6) is 0 Å². The molecular weight excluding hydrogens is 1000 g/mol. The van der Waals surface area contributed by atoms with Gasteiger partial charge >= 0.3 is 5.97 Å². The first-order valence-electron chi connectivity index (χ1n) is 32.6. The van der Waals surface area contributed by atoms with Gasteiger partial charge < -0.3 is 64.2 Å². The van der Waals surface area contributed by atoms with Gasteiger partial charge in [0.25, 0.3) is 0 Å². The number of unbranched alkanes of at least 4 members (excludes halogenated alkanes) is 34. The Labute approximate surface area is 480 Å². The van der Waals surface area contributed by atoms with Crippen LogP contribution < -0.4 is 0 Å². The van der Waals surface area contributed by atoms with E-state index in [1.807, 2.05) is 0 Å². The van der Waals surface area contributed by atoms with Gasteiger partial charge in [-0.25, -0.2) is 0 Å². The second kappa shape index (κ2) is 51.8. The van der Waals surface area contributed by atoms with E-state index in [0.29, 0.717) is 13.0 Å². The zero-order valence-corrected chi connectivity index (χ0v) is 50.1. The number of ether oxygens (including phenoxy) is 6. The predicted molar refractivity (Wildman–Crippen MR) is 316 cm³/mol. The van der Waals surface area contributed by atoms with Gasteiger partial charge in [0, 0.05) is 13.0 Å². The minimum absolute atomic E-state index is 0.0579. The molecule has 0 aromatic heterocycles. The number of allylic oxidation sites excluding steroid dienone is 6. The van der Waals surface area contributed by atoms with Crippen LogP contribution in [0.15, 0.2) is 36.5 Å². The van der Waals surface area contributed by atoms with Crippen LogP contribution >= 0.6 is 0 Å². The van der Waals surface area contributed by atoms with E-state index in [0.717, 1.165) is 57.8 Å². The highest BCUT2D eigenvalue weighted by Crippen LogP contribution is 2.27. The Bertz CT molecular complexity index is 1450. The number of hydrogen-bond donors (Lipinski definition) is 7. The summed E-state index contributed by atoms with van der Waals surface area (Å²) in [6.45, 7) is 3.69. The standard InChI is InChI=1S/C65H120O14/c1-3-5-7-9-11-13-15-17-19-21-23-25-26-27-28-29-30-32-34-36-38-40-42-44-46-48-57(67)77-54(51-74-49-47-45-43-41-39-37-35-33-31-24-22-20-18-16-14-12-10-8-6-4-2)52-75-64-63(73)61(71)59(69)56(79-64)53-76-65-62(72)60(70)58(68)55(50-66)78-65/h12,14,18,20,24,31,54-56,58-66,68-73H,3-11,13,15-17,19,21-23,25-30,32-53H2,1-2H3/b14-12-,20-18-,31-24-. The molecule has 0 aliphatic carbocycles. The van der Waals surface area contributed by atoms with Crippen molar-refractivity contribution in [3.63, 3.8) is 0 Å². The second-order valence-electron chi connectivity index (χ2n) is 22.9. The van der Waals surface area contributed by atoms with E-state index in [1.54, 1.807) is 0 Å². The fraction of sp³-hybridized carbons (Fsp3) is 0.892. The van der Waals surface area contributed by atoms with Crippen LogP contribution in [0.3, 0.4) is 0 Å². The third kappa shape index (κ3) is 37.9. The average molecular weight is 1130 g/mol. The number of rotatable bonds is 54. The molecule has 0 amide bonds. The van der Waals surface area contributed by atoms with E-state index in [4.69, 9.17) is 28.4 Å². The van der Waals surface area contributed by atoms with Crippen molar-refractivity contribution >= 4 is 5.97 Å². The van der Waals surface area contributed by atoms with Crippen molar-refractivity contribution in [2.24, 2.45) is 0 Å². The minimum Gasteiger partial charge on any atom is -0.457 e. The van der Waals surface area contributed by atoms with Gasteiger partial charge in [0.2, 0.25) is 0 Å². The van der Waals surface area contributed by atoms with E-state index in [-0.39, 0.29) is 25.6 Å². The van der Waals surface area contributed by atoms with E-state index in [9.17, 15) is 40.5 Å². The van der Waals surface area contributed by atoms with Crippen molar-refractivity contribution in [2.45, 2.75) is 338 Å². The number of carbonyl (C=O) groups excluding carboxylic acids is 1. The Morgan fingerprint density at radius 2 is 0.785 bits per heavy atom. The highest BCUT2D eigenvalue weighted by molar-refractivity contribution is 5.69. The van der Waals surface area contributed by atoms with Crippen LogP contribution in [-0.4, -0.2) is 142 Å². The summed E-state index contributed by atoms with van der Waals surface area (Å²) in [4.78, 5) is 13.1. The molecule has 464 valence electrons. The van der Waals surface area contributed by atoms with Gasteiger partial charge in [-0.1, -0.05) is 249 Å². The molecule has 0 aromatic rings. The number of aliphatic hydroxyl groups excluding tert-OH is 7. The smallest absolute Gasteiger partial charge is 0.306 e. The molecule has 14 nitrogen and oxygen atoms in total. The first-order valence-corrected chi connectivity index (χ1v) is 32.6. The minimum atomic E-state index is -1.71. The Balaban J connectivity index is 1.66. The molecule has 0 spiro atoms. The van der Waals surface area contributed by atoms with Crippen molar-refractivity contribution in [3.05, 3.63) is 36.5 Å². The first-order chi connectivity index (χ1) is 38.6. The molecule has 0 saturated carbocycles. The molecule has 7 N–H and O–H groups in total. The van der Waals surface area contributed by atoms with Gasteiger partial charge in [0.05, 0.1) is 26.4 Å². The maximum absolute atomic E-state index is 13.1. The zero-order valence-electron chi connectivity index (χ0n) is 50.1. The van der Waals surface area contributed by atoms with Gasteiger partial charge in [-0.15, -0.1) is 0 Å². The molecular formula is C65H120O14. The highest BCUT2D eigenvalue weighted by Gasteiger charge is 2.47. The van der Waals surface area contributed by atoms with Crippen LogP contribution in [-0.2, 0) is 33.2 Å². The molecule has 11 atom stereocenters. The van der Waals surface area contributed by atoms with Crippen LogP contribution in [0.25, 0.3) is 0 Å². The molecule has 2 aliphatic heterocycles. The normalized spacial score (nSPS) is 24.2. The monoisotopic (exact) mass is 1120 g/mol. The largest absolute Gasteiger partial charge is 0.457 e. The zero-order chi connectivity index (χ0) is 57.2. The maximum atomic E-state index is 13.1. The van der Waals surface area contributed by atoms with Crippen LogP contribution in [0.2, 0.25) is 0 Å². The summed E-state index contributed by atoms with van der Waals surface area (Å²) in [5.74, 6) is -0.374. The van der Waals surface area contributed by atoms with Crippen LogP contribution in [0.1, 0.15) is 271 Å². The molecule has 0 aromatic carbocycles. The van der Waals surface area contributed by atoms with Gasteiger partial charge in [0.15, 0.2) is 12.6 Å². The van der Waals surface area contributed by atoms with Crippen molar-refractivity contribution in [1.29, 1.82) is 0 Å². The van der Waals surface area contributed by atoms with Gasteiger partial charge in [-0.3, -0.25) is 4.79 Å². The predicted octanol–water partition coefficient (Wildman–Crippen LogP) is 12.9. The molecule has 0 radical (unpaired) electrons. The molecule has 2 aliphatic rings. The lowest BCUT2D eigenvalue weighted by Crippen LogP contribution is -2.61. The molecule has 0 bridgehead atoms. The molecule has 2 rings (SSSR count). The summed E-state index contributed by atoms with van der Waals surface area (Å²) >= 11 is 0. The quantitative estimate of drug-likeness (QED) is 0.0172. The summed E-state index contributed by atoms with van der Waals surface area (Å²) in [5.41, 5.74) is 0. The lowest BCUT2D eigenvalue weighted by molar-refractivity contribution is -0.332. The van der Waals surface area contributed by atoms with E-state index in [2.05, 4.69) is 50.3 Å². The summed E-state index contributed by atoms with van der Waals surface area (Å²) in [5, 5.41) is 72.5. The van der Waals surface area contributed by atoms with Gasteiger partial charge in [0.1, 0.15) is 54.9 Å². The highest BCUT2D eigenvalue weighted by atomic mass is 16.7. The van der Waals surface area contributed by atoms with Crippen LogP contribution in [0.4, 0.5) is 0 Å². The summed E-state index contributed by atoms with van der Waals surface area (Å²) in [6.07, 6.45) is 46.4. The number of carbonyl (C=O) groups is 1. The summed E-state index contributed by atoms with van der Waals surface area (Å²) in [6, 6.07) is 0. The third-order valence-corrected chi connectivity index (χ3v) is 15.7. The maximum Gasteiger partial charge on any atom is 0.306 e. The molecule has 11 unspecified atom stereocenters. The Hall–Kier alpha value is -1.79. The molecule has 2 fully saturated rings. The third-order valence-electron chi connectivity index (χ3n) is 15.7. The number of esters is 1. The summed E-state index contributed by atoms with van der Waals surface area (Å²) < 4.78 is 34.5. The Kier molecular flexibility index (Phi) is 48.1. The average Bonchev–Trinajstić information content (AvgIpc) is 3.46. The van der Waals surface area contributed by atoms with Crippen LogP contribution in [0, 0.1) is 0 Å². The molecule has 14 heteroatoms. The molecule has 2 heterocycles.